The molecule has 1 aliphatic rings. The first-order valence-corrected chi connectivity index (χ1v) is 10.2. The van der Waals surface area contributed by atoms with Gasteiger partial charge in [-0.1, -0.05) is 44.4 Å². The van der Waals surface area contributed by atoms with E-state index in [2.05, 4.69) is 52.4 Å². The molecule has 1 fully saturated rings. The van der Waals surface area contributed by atoms with Crippen molar-refractivity contribution in [3.63, 3.8) is 0 Å². The number of imidazole rings is 1. The van der Waals surface area contributed by atoms with Crippen molar-refractivity contribution < 1.29 is 4.79 Å². The maximum absolute atomic E-state index is 12.8. The Morgan fingerprint density at radius 3 is 2.79 bits per heavy atom. The lowest BCUT2D eigenvalue weighted by molar-refractivity contribution is 0.0918. The van der Waals surface area contributed by atoms with Gasteiger partial charge in [0.05, 0.1) is 29.3 Å². The van der Waals surface area contributed by atoms with Crippen LogP contribution in [0.15, 0.2) is 24.4 Å². The lowest BCUT2D eigenvalue weighted by Crippen LogP contribution is -2.32. The number of hydrogen-bond acceptors (Lipinski definition) is 4. The minimum absolute atomic E-state index is 0.180. The van der Waals surface area contributed by atoms with Gasteiger partial charge in [0.15, 0.2) is 5.69 Å². The van der Waals surface area contributed by atoms with Crippen LogP contribution in [-0.4, -0.2) is 30.9 Å². The summed E-state index contributed by atoms with van der Waals surface area (Å²) in [7, 11) is 0. The molecule has 28 heavy (non-hydrogen) atoms. The molecule has 4 rings (SSSR count). The maximum Gasteiger partial charge on any atom is 0.274 e. The SMILES string of the molecule is Cc1ccc2nc([C@@H](NC(=O)c3cn(C4CCCCC4)nn3)C(C)C)[nH]c2c1. The van der Waals surface area contributed by atoms with Crippen molar-refractivity contribution in [3.05, 3.63) is 41.5 Å². The molecule has 1 aliphatic carbocycles. The Kier molecular flexibility index (Phi) is 5.15. The van der Waals surface area contributed by atoms with Crippen LogP contribution in [0.4, 0.5) is 0 Å². The summed E-state index contributed by atoms with van der Waals surface area (Å²) in [6.45, 7) is 6.20. The van der Waals surface area contributed by atoms with Crippen LogP contribution >= 0.6 is 0 Å². The summed E-state index contributed by atoms with van der Waals surface area (Å²) in [5.74, 6) is 0.736. The molecule has 2 heterocycles. The molecule has 0 unspecified atom stereocenters. The highest BCUT2D eigenvalue weighted by atomic mass is 16.2. The highest BCUT2D eigenvalue weighted by Crippen LogP contribution is 2.27. The summed E-state index contributed by atoms with van der Waals surface area (Å²) in [5.41, 5.74) is 3.43. The molecule has 2 N–H and O–H groups in total. The average molecular weight is 380 g/mol. The van der Waals surface area contributed by atoms with Crippen molar-refractivity contribution in [3.8, 4) is 0 Å². The Hall–Kier alpha value is -2.70. The molecule has 7 nitrogen and oxygen atoms in total. The van der Waals surface area contributed by atoms with E-state index in [0.29, 0.717) is 11.7 Å². The molecule has 0 aliphatic heterocycles. The van der Waals surface area contributed by atoms with Crippen LogP contribution < -0.4 is 5.32 Å². The van der Waals surface area contributed by atoms with Gasteiger partial charge in [-0.3, -0.25) is 4.79 Å². The van der Waals surface area contributed by atoms with Crippen molar-refractivity contribution in [1.29, 1.82) is 0 Å². The lowest BCUT2D eigenvalue weighted by Gasteiger charge is -2.21. The largest absolute Gasteiger partial charge is 0.340 e. The van der Waals surface area contributed by atoms with Crippen molar-refractivity contribution in [2.45, 2.75) is 65.0 Å². The zero-order valence-corrected chi connectivity index (χ0v) is 16.8. The molecular formula is C21H28N6O. The van der Waals surface area contributed by atoms with E-state index < -0.39 is 0 Å². The molecule has 0 saturated heterocycles. The first kappa shape index (κ1) is 18.7. The van der Waals surface area contributed by atoms with Crippen LogP contribution in [0.2, 0.25) is 0 Å². The standard InChI is InChI=1S/C21H28N6O/c1-13(2)19(20-22-16-10-9-14(3)11-17(16)23-20)24-21(28)18-12-27(26-25-18)15-7-5-4-6-8-15/h9-13,15,19H,4-8H2,1-3H3,(H,22,23)(H,24,28)/t19-/m0/s1. The molecule has 7 heteroatoms. The third-order valence-corrected chi connectivity index (χ3v) is 5.60. The van der Waals surface area contributed by atoms with Crippen molar-refractivity contribution in [2.75, 3.05) is 0 Å². The second kappa shape index (κ2) is 7.73. The van der Waals surface area contributed by atoms with Gasteiger partial charge >= 0.3 is 0 Å². The summed E-state index contributed by atoms with van der Waals surface area (Å²) in [5, 5.41) is 11.4. The van der Waals surface area contributed by atoms with Gasteiger partial charge in [-0.05, 0) is 43.4 Å². The topological polar surface area (TPSA) is 88.5 Å². The zero-order valence-electron chi connectivity index (χ0n) is 16.8. The highest BCUT2D eigenvalue weighted by molar-refractivity contribution is 5.92. The minimum Gasteiger partial charge on any atom is -0.340 e. The first-order valence-electron chi connectivity index (χ1n) is 10.2. The fraction of sp³-hybridized carbons (Fsp3) is 0.524. The fourth-order valence-electron chi connectivity index (χ4n) is 3.96. The predicted molar refractivity (Wildman–Crippen MR) is 108 cm³/mol. The van der Waals surface area contributed by atoms with Gasteiger partial charge in [-0.15, -0.1) is 5.10 Å². The fourth-order valence-corrected chi connectivity index (χ4v) is 3.96. The van der Waals surface area contributed by atoms with Crippen LogP contribution in [0.1, 0.15) is 79.9 Å². The van der Waals surface area contributed by atoms with Crippen molar-refractivity contribution >= 4 is 16.9 Å². The molecular weight excluding hydrogens is 352 g/mol. The number of aryl methyl sites for hydroxylation is 1. The number of hydrogen-bond donors (Lipinski definition) is 2. The number of carbonyl (C=O) groups is 1. The van der Waals surface area contributed by atoms with Crippen LogP contribution in [0.3, 0.4) is 0 Å². The number of H-pyrrole nitrogens is 1. The van der Waals surface area contributed by atoms with Gasteiger partial charge < -0.3 is 10.3 Å². The van der Waals surface area contributed by atoms with E-state index in [0.717, 1.165) is 29.7 Å². The molecule has 0 radical (unpaired) electrons. The van der Waals surface area contributed by atoms with Crippen LogP contribution in [-0.2, 0) is 0 Å². The summed E-state index contributed by atoms with van der Waals surface area (Å²) in [6.07, 6.45) is 7.71. The van der Waals surface area contributed by atoms with Gasteiger partial charge in [0.2, 0.25) is 0 Å². The molecule has 1 atom stereocenters. The van der Waals surface area contributed by atoms with E-state index in [1.165, 1.54) is 24.8 Å². The van der Waals surface area contributed by atoms with Gasteiger partial charge in [-0.2, -0.15) is 0 Å². The number of benzene rings is 1. The van der Waals surface area contributed by atoms with E-state index in [9.17, 15) is 4.79 Å². The van der Waals surface area contributed by atoms with Crippen LogP contribution in [0.25, 0.3) is 11.0 Å². The molecule has 3 aromatic rings. The Morgan fingerprint density at radius 2 is 2.04 bits per heavy atom. The molecule has 2 aromatic heterocycles. The van der Waals surface area contributed by atoms with Crippen LogP contribution in [0, 0.1) is 12.8 Å². The molecule has 0 bridgehead atoms. The molecule has 148 valence electrons. The summed E-state index contributed by atoms with van der Waals surface area (Å²) in [4.78, 5) is 20.9. The minimum atomic E-state index is -0.222. The van der Waals surface area contributed by atoms with Gasteiger partial charge in [-0.25, -0.2) is 9.67 Å². The third-order valence-electron chi connectivity index (χ3n) is 5.60. The van der Waals surface area contributed by atoms with Gasteiger partial charge in [0, 0.05) is 0 Å². The predicted octanol–water partition coefficient (Wildman–Crippen LogP) is 4.10. The van der Waals surface area contributed by atoms with E-state index in [4.69, 9.17) is 0 Å². The smallest absolute Gasteiger partial charge is 0.274 e. The Labute approximate surface area is 164 Å². The molecule has 1 amide bonds. The van der Waals surface area contributed by atoms with Crippen molar-refractivity contribution in [1.82, 2.24) is 30.3 Å². The molecule has 1 saturated carbocycles. The number of nitrogens with zero attached hydrogens (tertiary/aromatic N) is 4. The lowest BCUT2D eigenvalue weighted by atomic mass is 9.96. The van der Waals surface area contributed by atoms with Crippen molar-refractivity contribution in [2.24, 2.45) is 5.92 Å². The first-order chi connectivity index (χ1) is 13.5. The quantitative estimate of drug-likeness (QED) is 0.697. The Balaban J connectivity index is 1.52. The monoisotopic (exact) mass is 380 g/mol. The normalized spacial score (nSPS) is 16.6. The third kappa shape index (κ3) is 3.79. The maximum atomic E-state index is 12.8. The highest BCUT2D eigenvalue weighted by Gasteiger charge is 2.25. The Bertz CT molecular complexity index is 966. The van der Waals surface area contributed by atoms with E-state index >= 15 is 0 Å². The average Bonchev–Trinajstić information content (AvgIpc) is 3.33. The number of aromatic amines is 1. The van der Waals surface area contributed by atoms with E-state index in [1.54, 1.807) is 6.20 Å². The number of rotatable bonds is 5. The van der Waals surface area contributed by atoms with E-state index in [-0.39, 0.29) is 17.9 Å². The summed E-state index contributed by atoms with van der Waals surface area (Å²) in [6, 6.07) is 6.25. The van der Waals surface area contributed by atoms with Gasteiger partial charge in [0.25, 0.3) is 5.91 Å². The second-order valence-electron chi connectivity index (χ2n) is 8.21. The van der Waals surface area contributed by atoms with Crippen LogP contribution in [0.5, 0.6) is 0 Å². The number of carbonyl (C=O) groups excluding carboxylic acids is 1. The van der Waals surface area contributed by atoms with Gasteiger partial charge in [0.1, 0.15) is 5.82 Å². The number of aromatic nitrogens is 5. The zero-order chi connectivity index (χ0) is 19.7. The second-order valence-corrected chi connectivity index (χ2v) is 8.21. The number of nitrogens with one attached hydrogen (secondary N) is 2. The summed E-state index contributed by atoms with van der Waals surface area (Å²) < 4.78 is 1.86. The summed E-state index contributed by atoms with van der Waals surface area (Å²) >= 11 is 0. The number of fused-ring (bicyclic) bond motifs is 1. The number of amides is 1. The van der Waals surface area contributed by atoms with E-state index in [1.807, 2.05) is 16.8 Å². The molecule has 1 aromatic carbocycles. The molecule has 0 spiro atoms. The Morgan fingerprint density at radius 1 is 1.25 bits per heavy atom.